The van der Waals surface area contributed by atoms with E-state index in [0.717, 1.165) is 0 Å². The van der Waals surface area contributed by atoms with Crippen molar-refractivity contribution < 1.29 is 4.52 Å². The van der Waals surface area contributed by atoms with Crippen molar-refractivity contribution in [3.05, 3.63) is 24.4 Å². The van der Waals surface area contributed by atoms with Gasteiger partial charge in [-0.1, -0.05) is 5.16 Å². The first-order valence-electron chi connectivity index (χ1n) is 3.25. The monoisotopic (exact) mass is 163 g/mol. The summed E-state index contributed by atoms with van der Waals surface area (Å²) in [6, 6.07) is 0. The van der Waals surface area contributed by atoms with E-state index in [9.17, 15) is 0 Å². The first-order chi connectivity index (χ1) is 5.95. The Hall–Kier alpha value is -1.98. The number of hydrogen-bond donors (Lipinski definition) is 1. The van der Waals surface area contributed by atoms with Crippen molar-refractivity contribution in [2.75, 3.05) is 0 Å². The minimum atomic E-state index is 0.506. The lowest BCUT2D eigenvalue weighted by atomic mass is 10.4. The van der Waals surface area contributed by atoms with Gasteiger partial charge in [0.1, 0.15) is 12.2 Å². The van der Waals surface area contributed by atoms with Crippen molar-refractivity contribution in [1.82, 2.24) is 25.3 Å². The number of nitrogens with zero attached hydrogens (tertiary/aromatic N) is 4. The lowest BCUT2D eigenvalue weighted by Crippen LogP contribution is -1.76. The van der Waals surface area contributed by atoms with Gasteiger partial charge >= 0.3 is 0 Å². The molecule has 6 heteroatoms. The van der Waals surface area contributed by atoms with Crippen LogP contribution >= 0.6 is 0 Å². The molecular formula is C6H5N5O. The first-order valence-corrected chi connectivity index (χ1v) is 3.25. The fourth-order valence-electron chi connectivity index (χ4n) is 0.701. The standard InChI is InChI=1S/C6H5N5O/c1(5-7-3-9-10-5)2-6-8-4-12-11-6/h1-4H,(H,7,9,10). The molecule has 0 aliphatic heterocycles. The molecule has 12 heavy (non-hydrogen) atoms. The van der Waals surface area contributed by atoms with E-state index in [1.54, 1.807) is 12.2 Å². The van der Waals surface area contributed by atoms with Crippen LogP contribution in [0.5, 0.6) is 0 Å². The maximum atomic E-state index is 4.53. The average Bonchev–Trinajstić information content (AvgIpc) is 2.74. The molecule has 0 atom stereocenters. The third kappa shape index (κ3) is 1.36. The summed E-state index contributed by atoms with van der Waals surface area (Å²) in [4.78, 5) is 7.67. The van der Waals surface area contributed by atoms with Crippen molar-refractivity contribution in [1.29, 1.82) is 0 Å². The topological polar surface area (TPSA) is 80.5 Å². The number of rotatable bonds is 2. The average molecular weight is 163 g/mol. The lowest BCUT2D eigenvalue weighted by molar-refractivity contribution is 0.415. The van der Waals surface area contributed by atoms with E-state index in [1.807, 2.05) is 0 Å². The number of H-pyrrole nitrogens is 1. The highest BCUT2D eigenvalue weighted by Gasteiger charge is 1.91. The third-order valence-electron chi connectivity index (χ3n) is 1.20. The Kier molecular flexibility index (Phi) is 1.65. The molecule has 2 rings (SSSR count). The van der Waals surface area contributed by atoms with Gasteiger partial charge in [0.05, 0.1) is 0 Å². The smallest absolute Gasteiger partial charge is 0.214 e. The number of aromatic amines is 1. The van der Waals surface area contributed by atoms with Gasteiger partial charge in [0.15, 0.2) is 5.82 Å². The van der Waals surface area contributed by atoms with Gasteiger partial charge in [-0.2, -0.15) is 10.1 Å². The summed E-state index contributed by atoms with van der Waals surface area (Å²) in [5.41, 5.74) is 0. The molecule has 2 heterocycles. The Morgan fingerprint density at radius 1 is 1.33 bits per heavy atom. The van der Waals surface area contributed by atoms with Crippen LogP contribution in [0.2, 0.25) is 0 Å². The SMILES string of the molecule is C(=Cc1ncn[nH]1)c1ncon1. The summed E-state index contributed by atoms with van der Waals surface area (Å²) in [6.45, 7) is 0. The molecule has 0 fully saturated rings. The minimum absolute atomic E-state index is 0.506. The van der Waals surface area contributed by atoms with E-state index < -0.39 is 0 Å². The van der Waals surface area contributed by atoms with Crippen LogP contribution in [0, 0.1) is 0 Å². The van der Waals surface area contributed by atoms with Gasteiger partial charge in [0.2, 0.25) is 6.39 Å². The van der Waals surface area contributed by atoms with Gasteiger partial charge in [0.25, 0.3) is 0 Å². The van der Waals surface area contributed by atoms with E-state index in [4.69, 9.17) is 0 Å². The molecule has 0 aliphatic carbocycles. The first kappa shape index (κ1) is 6.71. The second kappa shape index (κ2) is 2.95. The van der Waals surface area contributed by atoms with Gasteiger partial charge < -0.3 is 4.52 Å². The molecule has 60 valence electrons. The van der Waals surface area contributed by atoms with Crippen molar-refractivity contribution in [2.24, 2.45) is 0 Å². The molecule has 0 saturated heterocycles. The Balaban J connectivity index is 2.14. The zero-order valence-electron chi connectivity index (χ0n) is 6.01. The molecule has 6 nitrogen and oxygen atoms in total. The Morgan fingerprint density at radius 3 is 3.00 bits per heavy atom. The van der Waals surface area contributed by atoms with Crippen LogP contribution in [0.1, 0.15) is 11.6 Å². The highest BCUT2D eigenvalue weighted by Crippen LogP contribution is 1.96. The minimum Gasteiger partial charge on any atom is -0.342 e. The van der Waals surface area contributed by atoms with Crippen molar-refractivity contribution in [3.8, 4) is 0 Å². The summed E-state index contributed by atoms with van der Waals surface area (Å²) in [7, 11) is 0. The molecule has 0 radical (unpaired) electrons. The summed E-state index contributed by atoms with van der Waals surface area (Å²) < 4.78 is 4.53. The van der Waals surface area contributed by atoms with E-state index >= 15 is 0 Å². The lowest BCUT2D eigenvalue weighted by Gasteiger charge is -1.78. The Morgan fingerprint density at radius 2 is 2.33 bits per heavy atom. The molecule has 2 aromatic heterocycles. The predicted octanol–water partition coefficient (Wildman–Crippen LogP) is 0.358. The van der Waals surface area contributed by atoms with Crippen LogP contribution in [0.4, 0.5) is 0 Å². The van der Waals surface area contributed by atoms with E-state index in [0.29, 0.717) is 11.6 Å². The molecule has 1 N–H and O–H groups in total. The molecule has 0 spiro atoms. The van der Waals surface area contributed by atoms with Gasteiger partial charge in [-0.25, -0.2) is 4.98 Å². The largest absolute Gasteiger partial charge is 0.342 e. The normalized spacial score (nSPS) is 11.0. The van der Waals surface area contributed by atoms with E-state index in [1.165, 1.54) is 12.7 Å². The maximum absolute atomic E-state index is 4.53. The zero-order valence-corrected chi connectivity index (χ0v) is 6.01. The Labute approximate surface area is 67.3 Å². The third-order valence-corrected chi connectivity index (χ3v) is 1.20. The molecular weight excluding hydrogens is 158 g/mol. The Bertz CT molecular complexity index is 313. The summed E-state index contributed by atoms with van der Waals surface area (Å²) in [5.74, 6) is 1.16. The maximum Gasteiger partial charge on any atom is 0.214 e. The fourth-order valence-corrected chi connectivity index (χ4v) is 0.701. The van der Waals surface area contributed by atoms with Gasteiger partial charge in [-0.05, 0) is 12.2 Å². The van der Waals surface area contributed by atoms with E-state index in [-0.39, 0.29) is 0 Å². The predicted molar refractivity (Wildman–Crippen MR) is 39.6 cm³/mol. The number of nitrogens with one attached hydrogen (secondary N) is 1. The van der Waals surface area contributed by atoms with Crippen molar-refractivity contribution in [2.45, 2.75) is 0 Å². The molecule has 0 aliphatic rings. The number of aromatic nitrogens is 5. The highest BCUT2D eigenvalue weighted by atomic mass is 16.5. The zero-order chi connectivity index (χ0) is 8.23. The van der Waals surface area contributed by atoms with Crippen LogP contribution in [0.3, 0.4) is 0 Å². The highest BCUT2D eigenvalue weighted by molar-refractivity contribution is 5.61. The van der Waals surface area contributed by atoms with Crippen LogP contribution in [-0.4, -0.2) is 25.3 Å². The molecule has 2 aromatic rings. The summed E-state index contributed by atoms with van der Waals surface area (Å²) in [6.07, 6.45) is 6.07. The summed E-state index contributed by atoms with van der Waals surface area (Å²) >= 11 is 0. The molecule has 0 saturated carbocycles. The van der Waals surface area contributed by atoms with Crippen molar-refractivity contribution >= 4 is 12.2 Å². The molecule has 0 amide bonds. The molecule has 0 unspecified atom stereocenters. The number of hydrogen-bond acceptors (Lipinski definition) is 5. The van der Waals surface area contributed by atoms with Crippen LogP contribution in [0.25, 0.3) is 12.2 Å². The van der Waals surface area contributed by atoms with Crippen LogP contribution in [0.15, 0.2) is 17.2 Å². The summed E-state index contributed by atoms with van der Waals surface area (Å²) in [5, 5.41) is 9.92. The quantitative estimate of drug-likeness (QED) is 0.691. The van der Waals surface area contributed by atoms with Gasteiger partial charge in [-0.3, -0.25) is 5.10 Å². The van der Waals surface area contributed by atoms with Crippen LogP contribution in [-0.2, 0) is 0 Å². The second-order valence-corrected chi connectivity index (χ2v) is 1.99. The van der Waals surface area contributed by atoms with Crippen molar-refractivity contribution in [3.63, 3.8) is 0 Å². The molecule has 0 aromatic carbocycles. The second-order valence-electron chi connectivity index (χ2n) is 1.99. The van der Waals surface area contributed by atoms with Gasteiger partial charge in [-0.15, -0.1) is 0 Å². The van der Waals surface area contributed by atoms with Gasteiger partial charge in [0, 0.05) is 0 Å². The van der Waals surface area contributed by atoms with Crippen LogP contribution < -0.4 is 0 Å². The van der Waals surface area contributed by atoms with E-state index in [2.05, 4.69) is 29.8 Å². The fraction of sp³-hybridized carbons (Fsp3) is 0. The molecule has 0 bridgehead atoms.